The molecule has 0 saturated carbocycles. The molecule has 2 aromatic heterocycles. The number of H-pyrrole nitrogens is 1. The molecular weight excluding hydrogens is 376 g/mol. The maximum absolute atomic E-state index is 12.6. The lowest BCUT2D eigenvalue weighted by molar-refractivity contribution is 0.0526. The fraction of sp³-hybridized carbons (Fsp3) is 0.190. The number of esters is 1. The van der Waals surface area contributed by atoms with Crippen molar-refractivity contribution in [3.05, 3.63) is 70.0 Å². The Labute approximate surface area is 164 Å². The molecule has 142 valence electrons. The van der Waals surface area contributed by atoms with Gasteiger partial charge in [-0.05, 0) is 36.8 Å². The van der Waals surface area contributed by atoms with Gasteiger partial charge in [-0.2, -0.15) is 4.98 Å². The number of fused-ring (bicyclic) bond motifs is 2. The molecule has 0 saturated heterocycles. The van der Waals surface area contributed by atoms with E-state index in [1.807, 2.05) is 18.2 Å². The molecule has 4 rings (SSSR count). The fourth-order valence-electron chi connectivity index (χ4n) is 3.09. The van der Waals surface area contributed by atoms with Crippen LogP contribution in [0, 0.1) is 6.92 Å². The minimum Gasteiger partial charge on any atom is -0.462 e. The second kappa shape index (κ2) is 7.52. The van der Waals surface area contributed by atoms with Gasteiger partial charge in [-0.1, -0.05) is 30.3 Å². The van der Waals surface area contributed by atoms with Gasteiger partial charge in [-0.25, -0.2) is 4.79 Å². The van der Waals surface area contributed by atoms with Crippen LogP contribution in [-0.4, -0.2) is 22.5 Å². The summed E-state index contributed by atoms with van der Waals surface area (Å²) in [6, 6.07) is 14.4. The molecule has 1 N–H and O–H groups in total. The Bertz CT molecular complexity index is 1240. The normalized spacial score (nSPS) is 11.2. The molecule has 2 aromatic carbocycles. The van der Waals surface area contributed by atoms with E-state index >= 15 is 0 Å². The zero-order valence-corrected chi connectivity index (χ0v) is 16.3. The Morgan fingerprint density at radius 3 is 2.79 bits per heavy atom. The second-order valence-electron chi connectivity index (χ2n) is 6.24. The maximum Gasteiger partial charge on any atom is 0.342 e. The summed E-state index contributed by atoms with van der Waals surface area (Å²) < 4.78 is 10.6. The van der Waals surface area contributed by atoms with E-state index in [1.54, 1.807) is 25.6 Å². The monoisotopic (exact) mass is 394 g/mol. The molecule has 0 aliphatic heterocycles. The van der Waals surface area contributed by atoms with E-state index in [-0.39, 0.29) is 23.3 Å². The van der Waals surface area contributed by atoms with Crippen LogP contribution in [-0.2, 0) is 10.5 Å². The average Bonchev–Trinajstić information content (AvgIpc) is 3.03. The number of thioether (sulfide) groups is 1. The highest BCUT2D eigenvalue weighted by Gasteiger charge is 2.23. The largest absolute Gasteiger partial charge is 0.462 e. The van der Waals surface area contributed by atoms with Crippen LogP contribution < -0.4 is 5.56 Å². The van der Waals surface area contributed by atoms with Gasteiger partial charge >= 0.3 is 5.97 Å². The van der Waals surface area contributed by atoms with Crippen molar-refractivity contribution in [1.29, 1.82) is 0 Å². The number of carbonyl (C=O) groups excluding carboxylic acids is 1. The molecule has 0 amide bonds. The molecule has 0 radical (unpaired) electrons. The van der Waals surface area contributed by atoms with Gasteiger partial charge in [0.15, 0.2) is 0 Å². The predicted molar refractivity (Wildman–Crippen MR) is 109 cm³/mol. The van der Waals surface area contributed by atoms with Crippen molar-refractivity contribution in [3.63, 3.8) is 0 Å². The van der Waals surface area contributed by atoms with Gasteiger partial charge in [0.05, 0.1) is 12.4 Å². The van der Waals surface area contributed by atoms with Crippen molar-refractivity contribution in [2.24, 2.45) is 0 Å². The van der Waals surface area contributed by atoms with Crippen molar-refractivity contribution < 1.29 is 13.9 Å². The number of nitrogens with one attached hydrogen (secondary N) is 1. The Kier molecular flexibility index (Phi) is 4.92. The summed E-state index contributed by atoms with van der Waals surface area (Å²) in [5.74, 6) is 0.702. The minimum absolute atomic E-state index is 0.135. The molecule has 28 heavy (non-hydrogen) atoms. The van der Waals surface area contributed by atoms with Crippen molar-refractivity contribution in [2.75, 3.05) is 6.61 Å². The highest BCUT2D eigenvalue weighted by molar-refractivity contribution is 7.98. The summed E-state index contributed by atoms with van der Waals surface area (Å²) in [5, 5.41) is 2.47. The number of ether oxygens (including phenoxy) is 1. The van der Waals surface area contributed by atoms with Crippen molar-refractivity contribution in [2.45, 2.75) is 24.5 Å². The van der Waals surface area contributed by atoms with Crippen molar-refractivity contribution >= 4 is 39.6 Å². The lowest BCUT2D eigenvalue weighted by atomic mass is 10.1. The number of furan rings is 1. The summed E-state index contributed by atoms with van der Waals surface area (Å²) in [5.41, 5.74) is -0.114. The molecule has 6 nitrogen and oxygen atoms in total. The number of aromatic nitrogens is 2. The zero-order valence-electron chi connectivity index (χ0n) is 15.4. The van der Waals surface area contributed by atoms with Crippen LogP contribution in [0.1, 0.15) is 28.9 Å². The Hall–Kier alpha value is -3.06. The topological polar surface area (TPSA) is 85.2 Å². The quantitative estimate of drug-likeness (QED) is 0.398. The van der Waals surface area contributed by atoms with E-state index < -0.39 is 11.5 Å². The van der Waals surface area contributed by atoms with E-state index in [4.69, 9.17) is 9.15 Å². The third-order valence-electron chi connectivity index (χ3n) is 4.36. The summed E-state index contributed by atoms with van der Waals surface area (Å²) in [4.78, 5) is 32.9. The summed E-state index contributed by atoms with van der Waals surface area (Å²) in [7, 11) is 0. The maximum atomic E-state index is 12.6. The minimum atomic E-state index is -0.579. The molecule has 0 spiro atoms. The van der Waals surface area contributed by atoms with E-state index in [0.717, 1.165) is 10.3 Å². The molecule has 7 heteroatoms. The molecule has 0 aliphatic rings. The van der Waals surface area contributed by atoms with Gasteiger partial charge in [0, 0.05) is 4.90 Å². The van der Waals surface area contributed by atoms with E-state index in [0.29, 0.717) is 17.3 Å². The number of benzene rings is 2. The lowest BCUT2D eigenvalue weighted by Gasteiger charge is -2.04. The fourth-order valence-corrected chi connectivity index (χ4v) is 3.90. The van der Waals surface area contributed by atoms with Crippen LogP contribution in [0.4, 0.5) is 0 Å². The van der Waals surface area contributed by atoms with Gasteiger partial charge in [0.25, 0.3) is 5.56 Å². The van der Waals surface area contributed by atoms with Gasteiger partial charge in [0.2, 0.25) is 5.71 Å². The standard InChI is InChI=1S/C21H18N2O4S/c1-3-26-21(25)17-12(2)27-20-18(17)19(24)22-16(23-20)11-28-15-9-8-13-6-4-5-7-14(13)10-15/h4-10H,3,11H2,1-2H3,(H,22,23,24). The summed E-state index contributed by atoms with van der Waals surface area (Å²) in [6.45, 7) is 3.55. The number of nitrogens with zero attached hydrogens (tertiary/aromatic N) is 1. The Morgan fingerprint density at radius 1 is 1.21 bits per heavy atom. The van der Waals surface area contributed by atoms with E-state index in [9.17, 15) is 9.59 Å². The number of hydrogen-bond donors (Lipinski definition) is 1. The van der Waals surface area contributed by atoms with Crippen molar-refractivity contribution in [3.8, 4) is 0 Å². The first-order valence-corrected chi connectivity index (χ1v) is 9.86. The van der Waals surface area contributed by atoms with Gasteiger partial charge < -0.3 is 14.1 Å². The molecule has 0 unspecified atom stereocenters. The van der Waals surface area contributed by atoms with Crippen molar-refractivity contribution in [1.82, 2.24) is 9.97 Å². The Balaban J connectivity index is 1.62. The first-order chi connectivity index (χ1) is 13.6. The number of aromatic amines is 1. The molecule has 0 bridgehead atoms. The van der Waals surface area contributed by atoms with Crippen LogP contribution in [0.5, 0.6) is 0 Å². The average molecular weight is 394 g/mol. The smallest absolute Gasteiger partial charge is 0.342 e. The number of carbonyl (C=O) groups is 1. The predicted octanol–water partition coefficient (Wildman–Crippen LogP) is 4.45. The summed E-state index contributed by atoms with van der Waals surface area (Å²) in [6.07, 6.45) is 0. The Morgan fingerprint density at radius 2 is 2.00 bits per heavy atom. The summed E-state index contributed by atoms with van der Waals surface area (Å²) >= 11 is 1.57. The van der Waals surface area contributed by atoms with Crippen LogP contribution in [0.25, 0.3) is 21.9 Å². The molecule has 0 aliphatic carbocycles. The van der Waals surface area contributed by atoms with E-state index in [2.05, 4.69) is 34.2 Å². The zero-order chi connectivity index (χ0) is 19.7. The van der Waals surface area contributed by atoms with Gasteiger partial charge in [-0.15, -0.1) is 11.8 Å². The van der Waals surface area contributed by atoms with Crippen LogP contribution in [0.3, 0.4) is 0 Å². The van der Waals surface area contributed by atoms with E-state index in [1.165, 1.54) is 5.39 Å². The third kappa shape index (κ3) is 3.41. The number of hydrogen-bond acceptors (Lipinski definition) is 6. The lowest BCUT2D eigenvalue weighted by Crippen LogP contribution is -2.14. The first-order valence-electron chi connectivity index (χ1n) is 8.88. The number of rotatable bonds is 5. The van der Waals surface area contributed by atoms with Crippen LogP contribution in [0.2, 0.25) is 0 Å². The molecule has 4 aromatic rings. The molecule has 0 atom stereocenters. The molecule has 0 fully saturated rings. The first kappa shape index (κ1) is 18.3. The van der Waals surface area contributed by atoms with Crippen LogP contribution in [0.15, 0.2) is 56.6 Å². The second-order valence-corrected chi connectivity index (χ2v) is 7.29. The number of aryl methyl sites for hydroxylation is 1. The SMILES string of the molecule is CCOC(=O)c1c(C)oc2nc(CSc3ccc4ccccc4c3)[nH]c(=O)c12. The van der Waals surface area contributed by atoms with Gasteiger partial charge in [-0.3, -0.25) is 4.79 Å². The molecular formula is C21H18N2O4S. The molecule has 2 heterocycles. The van der Waals surface area contributed by atoms with Gasteiger partial charge in [0.1, 0.15) is 22.5 Å². The van der Waals surface area contributed by atoms with Crippen LogP contribution >= 0.6 is 11.8 Å². The third-order valence-corrected chi connectivity index (χ3v) is 5.37. The highest BCUT2D eigenvalue weighted by Crippen LogP contribution is 2.27. The highest BCUT2D eigenvalue weighted by atomic mass is 32.2.